The maximum Gasteiger partial charge on any atom is 0.408 e. The van der Waals surface area contributed by atoms with Crippen molar-refractivity contribution in [1.29, 1.82) is 0 Å². The Balaban J connectivity index is 1.56. The Hall–Kier alpha value is -4.39. The van der Waals surface area contributed by atoms with E-state index in [1.807, 2.05) is 92.8 Å². The van der Waals surface area contributed by atoms with Crippen molar-refractivity contribution in [2.75, 3.05) is 13.1 Å². The highest BCUT2D eigenvalue weighted by Crippen LogP contribution is 2.40. The molecule has 0 aliphatic carbocycles. The van der Waals surface area contributed by atoms with E-state index in [4.69, 9.17) is 9.72 Å². The van der Waals surface area contributed by atoms with Crippen molar-refractivity contribution in [2.45, 2.75) is 57.2 Å². The van der Waals surface area contributed by atoms with E-state index in [0.29, 0.717) is 18.8 Å². The molecule has 0 saturated carbocycles. The number of benzene rings is 3. The van der Waals surface area contributed by atoms with Gasteiger partial charge in [-0.15, -0.1) is 0 Å². The lowest BCUT2D eigenvalue weighted by molar-refractivity contribution is -0.132. The molecular formula is C34H38N4O3. The Morgan fingerprint density at radius 2 is 1.32 bits per heavy atom. The zero-order chi connectivity index (χ0) is 28.9. The van der Waals surface area contributed by atoms with Crippen molar-refractivity contribution < 1.29 is 14.3 Å². The number of amides is 2. The van der Waals surface area contributed by atoms with Crippen molar-refractivity contribution >= 4 is 12.0 Å². The molecule has 0 spiro atoms. The first-order chi connectivity index (χ1) is 19.8. The molecule has 4 aromatic rings. The van der Waals surface area contributed by atoms with Gasteiger partial charge in [0, 0.05) is 25.7 Å². The van der Waals surface area contributed by atoms with Gasteiger partial charge in [0.1, 0.15) is 17.2 Å². The minimum absolute atomic E-state index is 0.108. The van der Waals surface area contributed by atoms with Gasteiger partial charge in [0.2, 0.25) is 5.91 Å². The molecule has 41 heavy (non-hydrogen) atoms. The maximum atomic E-state index is 13.5. The SMILES string of the molecule is CC(C)(C)OC(=O)N[C@@H](Cc1cn(C(c2ccccc2)(c2ccccc2)c2ccccc2)cn1)C(=O)N1CCCC1. The summed E-state index contributed by atoms with van der Waals surface area (Å²) in [7, 11) is 0. The van der Waals surface area contributed by atoms with Gasteiger partial charge >= 0.3 is 6.09 Å². The lowest BCUT2D eigenvalue weighted by Gasteiger charge is -2.37. The fourth-order valence-electron chi connectivity index (χ4n) is 5.65. The molecule has 1 atom stereocenters. The van der Waals surface area contributed by atoms with Crippen molar-refractivity contribution in [1.82, 2.24) is 19.8 Å². The minimum atomic E-state index is -0.786. The first-order valence-corrected chi connectivity index (χ1v) is 14.3. The van der Waals surface area contributed by atoms with Gasteiger partial charge in [0.25, 0.3) is 0 Å². The molecule has 0 unspecified atom stereocenters. The third kappa shape index (κ3) is 6.19. The lowest BCUT2D eigenvalue weighted by atomic mass is 9.77. The number of imidazole rings is 1. The van der Waals surface area contributed by atoms with E-state index in [9.17, 15) is 9.59 Å². The van der Waals surface area contributed by atoms with Gasteiger partial charge in [-0.3, -0.25) is 4.79 Å². The van der Waals surface area contributed by atoms with Crippen LogP contribution in [0.5, 0.6) is 0 Å². The molecule has 1 aliphatic rings. The number of aromatic nitrogens is 2. The van der Waals surface area contributed by atoms with Gasteiger partial charge in [-0.2, -0.15) is 0 Å². The van der Waals surface area contributed by atoms with Gasteiger partial charge in [0.05, 0.1) is 12.0 Å². The van der Waals surface area contributed by atoms with Crippen molar-refractivity contribution in [3.05, 3.63) is 126 Å². The summed E-state index contributed by atoms with van der Waals surface area (Å²) in [5.74, 6) is -0.108. The quantitative estimate of drug-likeness (QED) is 0.282. The summed E-state index contributed by atoms with van der Waals surface area (Å²) in [5.41, 5.74) is 2.56. The number of rotatable bonds is 8. The van der Waals surface area contributed by atoms with E-state index in [1.165, 1.54) is 0 Å². The minimum Gasteiger partial charge on any atom is -0.444 e. The van der Waals surface area contributed by atoms with Gasteiger partial charge in [-0.25, -0.2) is 9.78 Å². The number of likely N-dealkylation sites (tertiary alicyclic amines) is 1. The number of carbonyl (C=O) groups is 2. The Morgan fingerprint density at radius 3 is 1.78 bits per heavy atom. The molecule has 1 N–H and O–H groups in total. The topological polar surface area (TPSA) is 76.5 Å². The van der Waals surface area contributed by atoms with Crippen molar-refractivity contribution in [2.24, 2.45) is 0 Å². The number of alkyl carbamates (subject to hydrolysis) is 1. The molecule has 5 rings (SSSR count). The van der Waals surface area contributed by atoms with Crippen LogP contribution < -0.4 is 5.32 Å². The highest BCUT2D eigenvalue weighted by Gasteiger charge is 2.39. The van der Waals surface area contributed by atoms with E-state index in [1.54, 1.807) is 0 Å². The number of hydrogen-bond donors (Lipinski definition) is 1. The highest BCUT2D eigenvalue weighted by molar-refractivity contribution is 5.86. The van der Waals surface area contributed by atoms with E-state index in [-0.39, 0.29) is 12.3 Å². The molecule has 2 heterocycles. The molecule has 1 aliphatic heterocycles. The van der Waals surface area contributed by atoms with Crippen LogP contribution in [0.2, 0.25) is 0 Å². The first-order valence-electron chi connectivity index (χ1n) is 14.3. The molecular weight excluding hydrogens is 512 g/mol. The zero-order valence-electron chi connectivity index (χ0n) is 24.0. The number of carbonyl (C=O) groups excluding carboxylic acids is 2. The van der Waals surface area contributed by atoms with Gasteiger partial charge in [-0.1, -0.05) is 91.0 Å². The largest absolute Gasteiger partial charge is 0.444 e. The van der Waals surface area contributed by atoms with Crippen molar-refractivity contribution in [3.8, 4) is 0 Å². The van der Waals surface area contributed by atoms with E-state index in [2.05, 4.69) is 46.3 Å². The Labute approximate surface area is 242 Å². The lowest BCUT2D eigenvalue weighted by Crippen LogP contribution is -2.50. The number of nitrogens with one attached hydrogen (secondary N) is 1. The molecule has 7 heteroatoms. The predicted molar refractivity (Wildman–Crippen MR) is 160 cm³/mol. The van der Waals surface area contributed by atoms with Crippen LogP contribution >= 0.6 is 0 Å². The predicted octanol–water partition coefficient (Wildman–Crippen LogP) is 5.78. The second-order valence-corrected chi connectivity index (χ2v) is 11.5. The Kier molecular flexibility index (Phi) is 8.24. The molecule has 1 saturated heterocycles. The van der Waals surface area contributed by atoms with Crippen molar-refractivity contribution in [3.63, 3.8) is 0 Å². The zero-order valence-corrected chi connectivity index (χ0v) is 24.0. The Morgan fingerprint density at radius 1 is 0.829 bits per heavy atom. The molecule has 7 nitrogen and oxygen atoms in total. The average molecular weight is 551 g/mol. The summed E-state index contributed by atoms with van der Waals surface area (Å²) in [6, 6.07) is 30.3. The molecule has 1 fully saturated rings. The normalized spacial score (nSPS) is 14.5. The van der Waals surface area contributed by atoms with Crippen LogP contribution in [0.4, 0.5) is 4.79 Å². The highest BCUT2D eigenvalue weighted by atomic mass is 16.6. The molecule has 1 aromatic heterocycles. The average Bonchev–Trinajstić information content (AvgIpc) is 3.67. The van der Waals surface area contributed by atoms with E-state index in [0.717, 1.165) is 29.5 Å². The maximum absolute atomic E-state index is 13.5. The van der Waals surface area contributed by atoms with Crippen LogP contribution in [-0.2, 0) is 21.5 Å². The molecule has 3 aromatic carbocycles. The summed E-state index contributed by atoms with van der Waals surface area (Å²) in [6.45, 7) is 6.81. The van der Waals surface area contributed by atoms with Gasteiger partial charge in [-0.05, 0) is 50.3 Å². The summed E-state index contributed by atoms with van der Waals surface area (Å²) in [6.07, 6.45) is 5.39. The third-order valence-corrected chi connectivity index (χ3v) is 7.42. The molecule has 2 amide bonds. The van der Waals surface area contributed by atoms with Gasteiger partial charge < -0.3 is 19.5 Å². The molecule has 0 bridgehead atoms. The smallest absolute Gasteiger partial charge is 0.408 e. The first kappa shape index (κ1) is 28.1. The summed E-state index contributed by atoms with van der Waals surface area (Å²) in [5, 5.41) is 2.84. The number of hydrogen-bond acceptors (Lipinski definition) is 4. The van der Waals surface area contributed by atoms with Crippen LogP contribution in [0.15, 0.2) is 104 Å². The van der Waals surface area contributed by atoms with Crippen LogP contribution in [0.25, 0.3) is 0 Å². The van der Waals surface area contributed by atoms with Crippen LogP contribution in [-0.4, -0.2) is 51.2 Å². The standard InChI is InChI=1S/C34H38N4O3/c1-33(2,3)41-32(40)36-30(31(39)37-21-13-14-22-37)23-29-24-38(25-35-29)34(26-15-7-4-8-16-26,27-17-9-5-10-18-27)28-19-11-6-12-20-28/h4-12,15-20,24-25,30H,13-14,21-23H2,1-3H3,(H,36,40)/t30-/m0/s1. The van der Waals surface area contributed by atoms with Gasteiger partial charge in [0.15, 0.2) is 0 Å². The molecule has 212 valence electrons. The summed E-state index contributed by atoms with van der Waals surface area (Å²) in [4.78, 5) is 32.9. The molecule has 0 radical (unpaired) electrons. The van der Waals surface area contributed by atoms with E-state index < -0.39 is 23.3 Å². The third-order valence-electron chi connectivity index (χ3n) is 7.42. The summed E-state index contributed by atoms with van der Waals surface area (Å²) >= 11 is 0. The second kappa shape index (κ2) is 12.0. The number of ether oxygens (including phenoxy) is 1. The number of nitrogens with zero attached hydrogens (tertiary/aromatic N) is 3. The fourth-order valence-corrected chi connectivity index (χ4v) is 5.65. The second-order valence-electron chi connectivity index (χ2n) is 11.5. The van der Waals surface area contributed by atoms with Crippen LogP contribution in [0, 0.1) is 0 Å². The Bertz CT molecular complexity index is 1340. The van der Waals surface area contributed by atoms with E-state index >= 15 is 0 Å². The monoisotopic (exact) mass is 550 g/mol. The fraction of sp³-hybridized carbons (Fsp3) is 0.324. The van der Waals surface area contributed by atoms with Crippen LogP contribution in [0.3, 0.4) is 0 Å². The van der Waals surface area contributed by atoms with Crippen LogP contribution in [0.1, 0.15) is 56.0 Å². The summed E-state index contributed by atoms with van der Waals surface area (Å²) < 4.78 is 7.62.